The van der Waals surface area contributed by atoms with Gasteiger partial charge in [-0.3, -0.25) is 5.32 Å². The van der Waals surface area contributed by atoms with Crippen LogP contribution in [-0.2, 0) is 0 Å². The molecule has 0 aromatic carbocycles. The molecule has 2 aliphatic heterocycles. The summed E-state index contributed by atoms with van der Waals surface area (Å²) in [7, 11) is 0. The number of piperidine rings is 1. The molecule has 2 N–H and O–H groups in total. The van der Waals surface area contributed by atoms with E-state index in [0.717, 1.165) is 38.3 Å². The van der Waals surface area contributed by atoms with Gasteiger partial charge in [0.2, 0.25) is 0 Å². The number of aromatic nitrogens is 2. The molecule has 6 heteroatoms. The third kappa shape index (κ3) is 2.79. The Morgan fingerprint density at radius 1 is 1.23 bits per heavy atom. The monoisotopic (exact) mass is 301 g/mol. The maximum absolute atomic E-state index is 12.4. The first kappa shape index (κ1) is 13.9. The number of amides is 2. The first-order chi connectivity index (χ1) is 10.7. The summed E-state index contributed by atoms with van der Waals surface area (Å²) >= 11 is 0. The van der Waals surface area contributed by atoms with E-state index in [4.69, 9.17) is 0 Å². The van der Waals surface area contributed by atoms with Crippen molar-refractivity contribution in [1.29, 1.82) is 0 Å². The molecule has 3 fully saturated rings. The van der Waals surface area contributed by atoms with Crippen LogP contribution in [0.25, 0.3) is 0 Å². The zero-order valence-electron chi connectivity index (χ0n) is 12.8. The Morgan fingerprint density at radius 3 is 2.73 bits per heavy atom. The van der Waals surface area contributed by atoms with E-state index in [1.54, 1.807) is 0 Å². The van der Waals surface area contributed by atoms with Crippen molar-refractivity contribution in [3.05, 3.63) is 17.8 Å². The van der Waals surface area contributed by atoms with Gasteiger partial charge < -0.3 is 10.2 Å². The second-order valence-electron chi connectivity index (χ2n) is 6.97. The van der Waals surface area contributed by atoms with Gasteiger partial charge in [-0.25, -0.2) is 4.79 Å². The Hall–Kier alpha value is -1.69. The molecule has 1 aromatic heterocycles. The summed E-state index contributed by atoms with van der Waals surface area (Å²) in [5.74, 6) is 1.15. The molecule has 6 nitrogen and oxygen atoms in total. The molecule has 1 spiro atoms. The summed E-state index contributed by atoms with van der Waals surface area (Å²) < 4.78 is 0. The normalized spacial score (nSPS) is 23.7. The molecule has 118 valence electrons. The highest BCUT2D eigenvalue weighted by Crippen LogP contribution is 2.39. The van der Waals surface area contributed by atoms with Crippen molar-refractivity contribution >= 4 is 11.8 Å². The lowest BCUT2D eigenvalue weighted by molar-refractivity contribution is 0.191. The summed E-state index contributed by atoms with van der Waals surface area (Å²) in [6.45, 7) is 3.86. The van der Waals surface area contributed by atoms with E-state index in [1.807, 2.05) is 17.0 Å². The maximum atomic E-state index is 12.4. The molecule has 0 atom stereocenters. The van der Waals surface area contributed by atoms with E-state index in [9.17, 15) is 4.79 Å². The molecular formula is C16H23N5O. The van der Waals surface area contributed by atoms with Gasteiger partial charge >= 0.3 is 6.03 Å². The summed E-state index contributed by atoms with van der Waals surface area (Å²) in [6, 6.07) is 3.82. The van der Waals surface area contributed by atoms with Crippen LogP contribution in [0.4, 0.5) is 10.6 Å². The number of anilines is 1. The highest BCUT2D eigenvalue weighted by atomic mass is 16.2. The topological polar surface area (TPSA) is 70.2 Å². The number of urea groups is 1. The minimum atomic E-state index is -0.0381. The van der Waals surface area contributed by atoms with E-state index in [0.29, 0.717) is 17.2 Å². The molecule has 2 amide bonds. The van der Waals surface area contributed by atoms with Gasteiger partial charge in [0.05, 0.1) is 5.69 Å². The van der Waals surface area contributed by atoms with Gasteiger partial charge in [0.25, 0.3) is 0 Å². The lowest BCUT2D eigenvalue weighted by Crippen LogP contribution is -2.40. The number of nitrogens with one attached hydrogen (secondary N) is 2. The van der Waals surface area contributed by atoms with Gasteiger partial charge in [-0.05, 0) is 62.7 Å². The summed E-state index contributed by atoms with van der Waals surface area (Å²) in [6.07, 6.45) is 5.89. The molecule has 4 rings (SSSR count). The Kier molecular flexibility index (Phi) is 3.48. The molecule has 2 saturated heterocycles. The van der Waals surface area contributed by atoms with Crippen LogP contribution >= 0.6 is 0 Å². The van der Waals surface area contributed by atoms with Gasteiger partial charge in [-0.2, -0.15) is 5.10 Å². The van der Waals surface area contributed by atoms with Crippen molar-refractivity contribution in [2.75, 3.05) is 31.5 Å². The fourth-order valence-electron chi connectivity index (χ4n) is 3.67. The van der Waals surface area contributed by atoms with Gasteiger partial charge in [0, 0.05) is 19.0 Å². The van der Waals surface area contributed by atoms with Crippen LogP contribution in [-0.4, -0.2) is 47.3 Å². The number of hydrogen-bond donors (Lipinski definition) is 2. The number of rotatable bonds is 2. The van der Waals surface area contributed by atoms with Gasteiger partial charge in [-0.15, -0.1) is 5.10 Å². The fourth-order valence-corrected chi connectivity index (χ4v) is 3.67. The van der Waals surface area contributed by atoms with E-state index < -0.39 is 0 Å². The molecule has 1 aromatic rings. The average molecular weight is 301 g/mol. The first-order valence-corrected chi connectivity index (χ1v) is 8.34. The number of hydrogen-bond acceptors (Lipinski definition) is 4. The van der Waals surface area contributed by atoms with Crippen LogP contribution < -0.4 is 10.6 Å². The number of carbonyl (C=O) groups excluding carboxylic acids is 1. The molecule has 3 aliphatic rings. The van der Waals surface area contributed by atoms with Crippen LogP contribution in [0.5, 0.6) is 0 Å². The number of carbonyl (C=O) groups is 1. The lowest BCUT2D eigenvalue weighted by atomic mass is 9.78. The molecule has 0 bridgehead atoms. The predicted octanol–water partition coefficient (Wildman–Crippen LogP) is 1.96. The number of likely N-dealkylation sites (tertiary alicyclic amines) is 1. The van der Waals surface area contributed by atoms with Crippen molar-refractivity contribution in [3.63, 3.8) is 0 Å². The van der Waals surface area contributed by atoms with Crippen molar-refractivity contribution < 1.29 is 4.79 Å². The molecule has 3 heterocycles. The van der Waals surface area contributed by atoms with Crippen LogP contribution in [0.1, 0.15) is 43.7 Å². The van der Waals surface area contributed by atoms with Crippen LogP contribution in [0.15, 0.2) is 12.1 Å². The Morgan fingerprint density at radius 2 is 2.05 bits per heavy atom. The molecule has 22 heavy (non-hydrogen) atoms. The zero-order valence-corrected chi connectivity index (χ0v) is 12.8. The van der Waals surface area contributed by atoms with Crippen molar-refractivity contribution in [3.8, 4) is 0 Å². The van der Waals surface area contributed by atoms with Crippen molar-refractivity contribution in [2.24, 2.45) is 5.41 Å². The molecule has 0 unspecified atom stereocenters. The molecular weight excluding hydrogens is 278 g/mol. The smallest absolute Gasteiger partial charge is 0.323 e. The molecule has 0 radical (unpaired) electrons. The summed E-state index contributed by atoms with van der Waals surface area (Å²) in [5, 5.41) is 14.6. The fraction of sp³-hybridized carbons (Fsp3) is 0.688. The van der Waals surface area contributed by atoms with Crippen LogP contribution in [0, 0.1) is 5.41 Å². The lowest BCUT2D eigenvalue weighted by Gasteiger charge is -2.33. The first-order valence-electron chi connectivity index (χ1n) is 8.34. The van der Waals surface area contributed by atoms with Crippen molar-refractivity contribution in [2.45, 2.75) is 38.0 Å². The van der Waals surface area contributed by atoms with E-state index >= 15 is 0 Å². The average Bonchev–Trinajstić information content (AvgIpc) is 3.32. The minimum Gasteiger partial charge on any atom is -0.324 e. The standard InChI is InChI=1S/C16H23N5O/c22-15(18-14-4-3-13(19-20-14)12-1-2-12)21-10-7-16(11-21)5-8-17-9-6-16/h3-4,12,17H,1-2,5-11H2,(H,18,20,22). The number of nitrogens with zero attached hydrogens (tertiary/aromatic N) is 3. The van der Waals surface area contributed by atoms with Gasteiger partial charge in [0.15, 0.2) is 5.82 Å². The second kappa shape index (κ2) is 5.50. The van der Waals surface area contributed by atoms with Gasteiger partial charge in [0.1, 0.15) is 0 Å². The third-order valence-corrected chi connectivity index (χ3v) is 5.31. The third-order valence-electron chi connectivity index (χ3n) is 5.31. The molecule has 1 aliphatic carbocycles. The van der Waals surface area contributed by atoms with Crippen molar-refractivity contribution in [1.82, 2.24) is 20.4 Å². The van der Waals surface area contributed by atoms with E-state index in [-0.39, 0.29) is 6.03 Å². The predicted molar refractivity (Wildman–Crippen MR) is 83.8 cm³/mol. The Bertz CT molecular complexity index is 548. The SMILES string of the molecule is O=C(Nc1ccc(C2CC2)nn1)N1CCC2(CCNCC2)C1. The van der Waals surface area contributed by atoms with Crippen LogP contribution in [0.3, 0.4) is 0 Å². The minimum absolute atomic E-state index is 0.0381. The largest absolute Gasteiger partial charge is 0.324 e. The second-order valence-corrected chi connectivity index (χ2v) is 6.97. The maximum Gasteiger partial charge on any atom is 0.323 e. The summed E-state index contributed by atoms with van der Waals surface area (Å²) in [4.78, 5) is 14.3. The molecule has 1 saturated carbocycles. The van der Waals surface area contributed by atoms with E-state index in [2.05, 4.69) is 20.8 Å². The highest BCUT2D eigenvalue weighted by molar-refractivity contribution is 5.88. The highest BCUT2D eigenvalue weighted by Gasteiger charge is 2.40. The Labute approximate surface area is 130 Å². The quantitative estimate of drug-likeness (QED) is 0.876. The Balaban J connectivity index is 1.35. The van der Waals surface area contributed by atoms with Crippen LogP contribution in [0.2, 0.25) is 0 Å². The zero-order chi connectivity index (χ0) is 15.0. The van der Waals surface area contributed by atoms with Gasteiger partial charge in [-0.1, -0.05) is 0 Å². The summed E-state index contributed by atoms with van der Waals surface area (Å²) in [5.41, 5.74) is 1.39. The van der Waals surface area contributed by atoms with E-state index in [1.165, 1.54) is 25.7 Å².